The van der Waals surface area contributed by atoms with Crippen LogP contribution >= 0.6 is 0 Å². The fraction of sp³-hybridized carbons (Fsp3) is 0.350. The molecule has 1 N–H and O–H groups in total. The van der Waals surface area contributed by atoms with Crippen molar-refractivity contribution in [3.8, 4) is 0 Å². The highest BCUT2D eigenvalue weighted by Crippen LogP contribution is 2.25. The number of hydrogen-bond donors (Lipinski definition) is 1. The molecule has 22 heavy (non-hydrogen) atoms. The molecule has 114 valence electrons. The van der Waals surface area contributed by atoms with Gasteiger partial charge in [0.05, 0.1) is 6.04 Å². The van der Waals surface area contributed by atoms with Gasteiger partial charge in [-0.25, -0.2) is 0 Å². The first-order valence-corrected chi connectivity index (χ1v) is 8.04. The summed E-state index contributed by atoms with van der Waals surface area (Å²) in [6.45, 7) is 6.09. The Kier molecular flexibility index (Phi) is 4.02. The van der Waals surface area contributed by atoms with Crippen molar-refractivity contribution in [2.45, 2.75) is 46.1 Å². The molecule has 2 heteroatoms. The maximum absolute atomic E-state index is 12.5. The van der Waals surface area contributed by atoms with Crippen LogP contribution in [0.1, 0.15) is 57.6 Å². The standard InChI is InChI=1S/C20H23NO/c1-13-7-10-19(14(2)11-13)20(22)21-15(3)17-9-8-16-5-4-6-18(16)12-17/h7-12,15H,4-6H2,1-3H3,(H,21,22). The van der Waals surface area contributed by atoms with E-state index >= 15 is 0 Å². The van der Waals surface area contributed by atoms with Gasteiger partial charge in [-0.1, -0.05) is 35.9 Å². The number of hydrogen-bond acceptors (Lipinski definition) is 1. The van der Waals surface area contributed by atoms with Crippen molar-refractivity contribution in [2.24, 2.45) is 0 Å². The van der Waals surface area contributed by atoms with E-state index in [1.54, 1.807) is 0 Å². The lowest BCUT2D eigenvalue weighted by atomic mass is 10.0. The summed E-state index contributed by atoms with van der Waals surface area (Å²) in [7, 11) is 0. The third kappa shape index (κ3) is 2.92. The number of carbonyl (C=O) groups is 1. The number of rotatable bonds is 3. The summed E-state index contributed by atoms with van der Waals surface area (Å²) < 4.78 is 0. The van der Waals surface area contributed by atoms with Crippen molar-refractivity contribution in [1.82, 2.24) is 5.32 Å². The summed E-state index contributed by atoms with van der Waals surface area (Å²) in [5, 5.41) is 3.13. The minimum atomic E-state index is 0.00509. The second kappa shape index (κ2) is 5.96. The highest BCUT2D eigenvalue weighted by Gasteiger charge is 2.16. The Morgan fingerprint density at radius 2 is 1.82 bits per heavy atom. The molecule has 1 aliphatic rings. The molecule has 2 aromatic rings. The van der Waals surface area contributed by atoms with Crippen molar-refractivity contribution in [2.75, 3.05) is 0 Å². The van der Waals surface area contributed by atoms with Crippen LogP contribution < -0.4 is 5.32 Å². The number of aryl methyl sites for hydroxylation is 4. The Morgan fingerprint density at radius 3 is 2.59 bits per heavy atom. The van der Waals surface area contributed by atoms with Gasteiger partial charge in [-0.3, -0.25) is 4.79 Å². The molecule has 1 atom stereocenters. The van der Waals surface area contributed by atoms with Crippen molar-refractivity contribution in [1.29, 1.82) is 0 Å². The zero-order chi connectivity index (χ0) is 15.7. The lowest BCUT2D eigenvalue weighted by molar-refractivity contribution is 0.0939. The highest BCUT2D eigenvalue weighted by atomic mass is 16.1. The van der Waals surface area contributed by atoms with Gasteiger partial charge >= 0.3 is 0 Å². The van der Waals surface area contributed by atoms with Crippen LogP contribution in [0.15, 0.2) is 36.4 Å². The fourth-order valence-electron chi connectivity index (χ4n) is 3.29. The van der Waals surface area contributed by atoms with Gasteiger partial charge in [0.15, 0.2) is 0 Å². The first-order chi connectivity index (χ1) is 10.5. The summed E-state index contributed by atoms with van der Waals surface area (Å²) in [5.74, 6) is 0.00509. The third-order valence-corrected chi connectivity index (χ3v) is 4.60. The quantitative estimate of drug-likeness (QED) is 0.899. The van der Waals surface area contributed by atoms with Crippen LogP contribution in [0.25, 0.3) is 0 Å². The van der Waals surface area contributed by atoms with Gasteiger partial charge in [0.1, 0.15) is 0 Å². The topological polar surface area (TPSA) is 29.1 Å². The Labute approximate surface area is 132 Å². The average Bonchev–Trinajstić information content (AvgIpc) is 2.94. The van der Waals surface area contributed by atoms with Crippen LogP contribution in [-0.4, -0.2) is 5.91 Å². The Hall–Kier alpha value is -2.09. The van der Waals surface area contributed by atoms with Crippen molar-refractivity contribution < 1.29 is 4.79 Å². The molecule has 0 spiro atoms. The van der Waals surface area contributed by atoms with E-state index in [-0.39, 0.29) is 11.9 Å². The van der Waals surface area contributed by atoms with Crippen LogP contribution in [0, 0.1) is 13.8 Å². The zero-order valence-electron chi connectivity index (χ0n) is 13.6. The Bertz CT molecular complexity index is 718. The highest BCUT2D eigenvalue weighted by molar-refractivity contribution is 5.95. The zero-order valence-corrected chi connectivity index (χ0v) is 13.6. The lowest BCUT2D eigenvalue weighted by Gasteiger charge is -2.16. The number of carbonyl (C=O) groups excluding carboxylic acids is 1. The van der Waals surface area contributed by atoms with E-state index in [1.807, 2.05) is 26.0 Å². The molecule has 1 aliphatic carbocycles. The van der Waals surface area contributed by atoms with Crippen LogP contribution in [0.2, 0.25) is 0 Å². The predicted octanol–water partition coefficient (Wildman–Crippen LogP) is 4.28. The van der Waals surface area contributed by atoms with Gasteiger partial charge in [0.25, 0.3) is 5.91 Å². The molecular formula is C20H23NO. The SMILES string of the molecule is Cc1ccc(C(=O)NC(C)c2ccc3c(c2)CCC3)c(C)c1. The molecule has 2 nitrogen and oxygen atoms in total. The second-order valence-corrected chi connectivity index (χ2v) is 6.40. The van der Waals surface area contributed by atoms with Crippen LogP contribution in [0.3, 0.4) is 0 Å². The number of benzene rings is 2. The van der Waals surface area contributed by atoms with Crippen LogP contribution in [-0.2, 0) is 12.8 Å². The molecule has 0 radical (unpaired) electrons. The molecule has 0 aromatic heterocycles. The first-order valence-electron chi connectivity index (χ1n) is 8.04. The van der Waals surface area contributed by atoms with Gasteiger partial charge < -0.3 is 5.32 Å². The molecule has 0 heterocycles. The van der Waals surface area contributed by atoms with E-state index in [9.17, 15) is 4.79 Å². The van der Waals surface area contributed by atoms with Gasteiger partial charge in [0.2, 0.25) is 0 Å². The van der Waals surface area contributed by atoms with E-state index in [0.29, 0.717) is 0 Å². The third-order valence-electron chi connectivity index (χ3n) is 4.60. The van der Waals surface area contributed by atoms with Gasteiger partial charge in [-0.2, -0.15) is 0 Å². The van der Waals surface area contributed by atoms with E-state index < -0.39 is 0 Å². The van der Waals surface area contributed by atoms with Gasteiger partial charge in [-0.15, -0.1) is 0 Å². The average molecular weight is 293 g/mol. The summed E-state index contributed by atoms with van der Waals surface area (Å²) in [6.07, 6.45) is 3.61. The molecule has 3 rings (SSSR count). The molecule has 2 aromatic carbocycles. The van der Waals surface area contributed by atoms with Crippen molar-refractivity contribution >= 4 is 5.91 Å². The van der Waals surface area contributed by atoms with E-state index in [4.69, 9.17) is 0 Å². The van der Waals surface area contributed by atoms with Crippen molar-refractivity contribution in [3.05, 3.63) is 69.8 Å². The predicted molar refractivity (Wildman–Crippen MR) is 90.3 cm³/mol. The molecule has 0 saturated carbocycles. The first kappa shape index (κ1) is 14.8. The minimum Gasteiger partial charge on any atom is -0.346 e. The number of amides is 1. The lowest BCUT2D eigenvalue weighted by Crippen LogP contribution is -2.27. The van der Waals surface area contributed by atoms with E-state index in [0.717, 1.165) is 11.1 Å². The molecule has 0 fully saturated rings. The molecular weight excluding hydrogens is 270 g/mol. The molecule has 1 amide bonds. The summed E-state index contributed by atoms with van der Waals surface area (Å²) in [6, 6.07) is 12.6. The van der Waals surface area contributed by atoms with E-state index in [2.05, 4.69) is 36.5 Å². The monoisotopic (exact) mass is 293 g/mol. The normalized spacial score (nSPS) is 14.5. The molecule has 0 bridgehead atoms. The number of fused-ring (bicyclic) bond motifs is 1. The smallest absolute Gasteiger partial charge is 0.252 e. The van der Waals surface area contributed by atoms with Crippen LogP contribution in [0.4, 0.5) is 0 Å². The van der Waals surface area contributed by atoms with Gasteiger partial charge in [-0.05, 0) is 68.4 Å². The number of nitrogens with one attached hydrogen (secondary N) is 1. The summed E-state index contributed by atoms with van der Waals surface area (Å²) >= 11 is 0. The van der Waals surface area contributed by atoms with E-state index in [1.165, 1.54) is 41.5 Å². The Morgan fingerprint density at radius 1 is 1.05 bits per heavy atom. The molecule has 0 aliphatic heterocycles. The summed E-state index contributed by atoms with van der Waals surface area (Å²) in [4.78, 5) is 12.5. The second-order valence-electron chi connectivity index (χ2n) is 6.40. The molecule has 0 saturated heterocycles. The maximum Gasteiger partial charge on any atom is 0.252 e. The molecule has 1 unspecified atom stereocenters. The van der Waals surface area contributed by atoms with Crippen LogP contribution in [0.5, 0.6) is 0 Å². The minimum absolute atomic E-state index is 0.00509. The largest absolute Gasteiger partial charge is 0.346 e. The van der Waals surface area contributed by atoms with Gasteiger partial charge in [0, 0.05) is 5.56 Å². The van der Waals surface area contributed by atoms with Crippen molar-refractivity contribution in [3.63, 3.8) is 0 Å². The summed E-state index contributed by atoms with van der Waals surface area (Å²) in [5.41, 5.74) is 7.08. The maximum atomic E-state index is 12.5. The Balaban J connectivity index is 1.76. The fourth-order valence-corrected chi connectivity index (χ4v) is 3.29.